The lowest BCUT2D eigenvalue weighted by Gasteiger charge is -2.33. The molecule has 0 fully saturated rings. The van der Waals surface area contributed by atoms with Gasteiger partial charge in [0.2, 0.25) is 5.88 Å². The standard InChI is InChI=1S/C31H23N3O2/c1-31(2)25-11-6-10-24-23-15-14-22(19-27(23)34(29(24)25)30-26(31)12-7-17-33-30)35-20-8-5-9-21(18-20)36-28-13-3-4-16-32-28/h3-19H,1-2H3. The quantitative estimate of drug-likeness (QED) is 0.264. The van der Waals surface area contributed by atoms with E-state index in [1.54, 1.807) is 6.20 Å². The van der Waals surface area contributed by atoms with Crippen molar-refractivity contribution in [2.45, 2.75) is 19.3 Å². The summed E-state index contributed by atoms with van der Waals surface area (Å²) in [5.74, 6) is 3.63. The average molecular weight is 470 g/mol. The Bertz CT molecular complexity index is 1770. The van der Waals surface area contributed by atoms with Crippen LogP contribution in [0.1, 0.15) is 25.0 Å². The maximum absolute atomic E-state index is 6.30. The first kappa shape index (κ1) is 20.7. The van der Waals surface area contributed by atoms with Crippen molar-refractivity contribution in [1.82, 2.24) is 14.5 Å². The Morgan fingerprint density at radius 1 is 0.639 bits per heavy atom. The molecule has 5 heteroatoms. The number of aromatic nitrogens is 3. The SMILES string of the molecule is CC1(C)c2cccnc2-n2c3cc(Oc4cccc(Oc5ccccn5)c4)ccc3c3cccc1c32. The van der Waals surface area contributed by atoms with Crippen LogP contribution in [0.25, 0.3) is 27.6 Å². The van der Waals surface area contributed by atoms with E-state index in [2.05, 4.69) is 59.8 Å². The zero-order valence-corrected chi connectivity index (χ0v) is 20.0. The van der Waals surface area contributed by atoms with Crippen LogP contribution in [0.4, 0.5) is 0 Å². The van der Waals surface area contributed by atoms with E-state index in [0.29, 0.717) is 17.4 Å². The molecule has 3 aromatic heterocycles. The molecule has 3 aromatic carbocycles. The maximum Gasteiger partial charge on any atom is 0.219 e. The molecule has 0 saturated heterocycles. The largest absolute Gasteiger partial charge is 0.457 e. The van der Waals surface area contributed by atoms with Crippen LogP contribution in [0.2, 0.25) is 0 Å². The summed E-state index contributed by atoms with van der Waals surface area (Å²) in [6.45, 7) is 4.55. The first-order valence-electron chi connectivity index (χ1n) is 12.0. The zero-order chi connectivity index (χ0) is 24.3. The van der Waals surface area contributed by atoms with Crippen LogP contribution in [-0.4, -0.2) is 14.5 Å². The summed E-state index contributed by atoms with van der Waals surface area (Å²) < 4.78 is 14.5. The predicted molar refractivity (Wildman–Crippen MR) is 142 cm³/mol. The molecule has 0 unspecified atom stereocenters. The third-order valence-corrected chi connectivity index (χ3v) is 7.01. The molecular weight excluding hydrogens is 446 g/mol. The molecule has 1 aliphatic rings. The Kier molecular flexibility index (Phi) is 4.42. The van der Waals surface area contributed by atoms with E-state index in [4.69, 9.17) is 14.5 Å². The highest BCUT2D eigenvalue weighted by atomic mass is 16.5. The number of para-hydroxylation sites is 1. The normalized spacial score (nSPS) is 13.5. The summed E-state index contributed by atoms with van der Waals surface area (Å²) >= 11 is 0. The first-order valence-corrected chi connectivity index (χ1v) is 12.0. The molecule has 5 nitrogen and oxygen atoms in total. The minimum atomic E-state index is -0.138. The number of hydrogen-bond acceptors (Lipinski definition) is 4. The lowest BCUT2D eigenvalue weighted by atomic mass is 9.76. The van der Waals surface area contributed by atoms with Gasteiger partial charge >= 0.3 is 0 Å². The van der Waals surface area contributed by atoms with Gasteiger partial charge in [-0.15, -0.1) is 0 Å². The number of pyridine rings is 2. The van der Waals surface area contributed by atoms with Gasteiger partial charge < -0.3 is 9.47 Å². The van der Waals surface area contributed by atoms with Crippen molar-refractivity contribution in [2.24, 2.45) is 0 Å². The Hall–Kier alpha value is -4.64. The lowest BCUT2D eigenvalue weighted by molar-refractivity contribution is 0.449. The Labute approximate surface area is 208 Å². The number of ether oxygens (including phenoxy) is 2. The second-order valence-corrected chi connectivity index (χ2v) is 9.56. The first-order chi connectivity index (χ1) is 17.6. The second kappa shape index (κ2) is 7.68. The Morgan fingerprint density at radius 3 is 2.28 bits per heavy atom. The molecule has 6 aromatic rings. The fourth-order valence-corrected chi connectivity index (χ4v) is 5.31. The number of nitrogens with zero attached hydrogens (tertiary/aromatic N) is 3. The molecule has 0 atom stereocenters. The highest BCUT2D eigenvalue weighted by molar-refractivity contribution is 6.11. The van der Waals surface area contributed by atoms with E-state index in [9.17, 15) is 0 Å². The van der Waals surface area contributed by atoms with Crippen molar-refractivity contribution >= 4 is 21.8 Å². The molecule has 0 bridgehead atoms. The summed E-state index contributed by atoms with van der Waals surface area (Å²) in [5.41, 5.74) is 4.67. The van der Waals surface area contributed by atoms with Crippen molar-refractivity contribution in [3.63, 3.8) is 0 Å². The van der Waals surface area contributed by atoms with E-state index in [1.165, 1.54) is 27.4 Å². The molecule has 7 rings (SSSR count). The fraction of sp³-hybridized carbons (Fsp3) is 0.0968. The van der Waals surface area contributed by atoms with Crippen molar-refractivity contribution in [3.05, 3.63) is 115 Å². The maximum atomic E-state index is 6.30. The minimum Gasteiger partial charge on any atom is -0.457 e. The van der Waals surface area contributed by atoms with Gasteiger partial charge in [0.25, 0.3) is 0 Å². The van der Waals surface area contributed by atoms with Crippen LogP contribution in [0.15, 0.2) is 103 Å². The number of rotatable bonds is 4. The smallest absolute Gasteiger partial charge is 0.219 e. The van der Waals surface area contributed by atoms with Gasteiger partial charge in [-0.2, -0.15) is 0 Å². The van der Waals surface area contributed by atoms with Crippen molar-refractivity contribution in [2.75, 3.05) is 0 Å². The zero-order valence-electron chi connectivity index (χ0n) is 20.0. The highest BCUT2D eigenvalue weighted by Gasteiger charge is 2.35. The Morgan fingerprint density at radius 2 is 1.42 bits per heavy atom. The van der Waals surface area contributed by atoms with Gasteiger partial charge in [-0.3, -0.25) is 4.57 Å². The molecule has 4 heterocycles. The van der Waals surface area contributed by atoms with Crippen molar-refractivity contribution in [1.29, 1.82) is 0 Å². The Balaban J connectivity index is 1.34. The van der Waals surface area contributed by atoms with Crippen LogP contribution < -0.4 is 9.47 Å². The van der Waals surface area contributed by atoms with Gasteiger partial charge in [-0.25, -0.2) is 9.97 Å². The fourth-order valence-electron chi connectivity index (χ4n) is 5.31. The molecule has 0 saturated carbocycles. The van der Waals surface area contributed by atoms with E-state index in [1.807, 2.05) is 60.8 Å². The summed E-state index contributed by atoms with van der Waals surface area (Å²) in [5, 5.41) is 2.41. The summed E-state index contributed by atoms with van der Waals surface area (Å²) in [6.07, 6.45) is 3.58. The van der Waals surface area contributed by atoms with Crippen LogP contribution in [0.3, 0.4) is 0 Å². The van der Waals surface area contributed by atoms with Gasteiger partial charge in [0, 0.05) is 52.3 Å². The monoisotopic (exact) mass is 469 g/mol. The molecule has 174 valence electrons. The molecule has 1 aliphatic heterocycles. The molecule has 36 heavy (non-hydrogen) atoms. The van der Waals surface area contributed by atoms with Gasteiger partial charge in [-0.1, -0.05) is 50.2 Å². The lowest BCUT2D eigenvalue weighted by Crippen LogP contribution is -2.26. The van der Waals surface area contributed by atoms with Gasteiger partial charge in [0.05, 0.1) is 11.0 Å². The van der Waals surface area contributed by atoms with E-state index in [-0.39, 0.29) is 5.41 Å². The summed E-state index contributed by atoms with van der Waals surface area (Å²) in [4.78, 5) is 9.06. The number of fused-ring (bicyclic) bond motifs is 5. The number of benzene rings is 3. The third-order valence-electron chi connectivity index (χ3n) is 7.01. The van der Waals surface area contributed by atoms with E-state index < -0.39 is 0 Å². The summed E-state index contributed by atoms with van der Waals surface area (Å²) in [6, 6.07) is 30.2. The van der Waals surface area contributed by atoms with Crippen LogP contribution in [0, 0.1) is 0 Å². The average Bonchev–Trinajstić information content (AvgIpc) is 3.23. The van der Waals surface area contributed by atoms with E-state index in [0.717, 1.165) is 17.1 Å². The minimum absolute atomic E-state index is 0.138. The van der Waals surface area contributed by atoms with Gasteiger partial charge in [0.1, 0.15) is 23.1 Å². The van der Waals surface area contributed by atoms with Crippen LogP contribution >= 0.6 is 0 Å². The topological polar surface area (TPSA) is 49.2 Å². The molecule has 0 N–H and O–H groups in total. The van der Waals surface area contributed by atoms with Crippen molar-refractivity contribution in [3.8, 4) is 28.9 Å². The molecule has 0 radical (unpaired) electrons. The van der Waals surface area contributed by atoms with Gasteiger partial charge in [-0.05, 0) is 42.0 Å². The third kappa shape index (κ3) is 3.09. The van der Waals surface area contributed by atoms with Crippen molar-refractivity contribution < 1.29 is 9.47 Å². The van der Waals surface area contributed by atoms with Crippen LogP contribution in [-0.2, 0) is 5.41 Å². The molecular formula is C31H23N3O2. The summed E-state index contributed by atoms with van der Waals surface area (Å²) in [7, 11) is 0. The van der Waals surface area contributed by atoms with Crippen LogP contribution in [0.5, 0.6) is 23.1 Å². The second-order valence-electron chi connectivity index (χ2n) is 9.56. The van der Waals surface area contributed by atoms with E-state index >= 15 is 0 Å². The number of hydrogen-bond donors (Lipinski definition) is 0. The predicted octanol–water partition coefficient (Wildman–Crippen LogP) is 7.80. The van der Waals surface area contributed by atoms with Gasteiger partial charge in [0.15, 0.2) is 0 Å². The highest BCUT2D eigenvalue weighted by Crippen LogP contribution is 2.47. The molecule has 0 amide bonds. The molecule has 0 aliphatic carbocycles. The molecule has 0 spiro atoms.